The minimum Gasteiger partial charge on any atom is -0.361 e. The lowest BCUT2D eigenvalue weighted by atomic mass is 9.99. The molecule has 1 N–H and O–H groups in total. The molecule has 0 aromatic carbocycles. The zero-order valence-corrected chi connectivity index (χ0v) is 5.92. The van der Waals surface area contributed by atoms with Gasteiger partial charge in [0, 0.05) is 11.6 Å². The van der Waals surface area contributed by atoms with Gasteiger partial charge in [-0.2, -0.15) is 0 Å². The Morgan fingerprint density at radius 2 is 2.60 bits per heavy atom. The van der Waals surface area contributed by atoms with Crippen LogP contribution in [0.2, 0.25) is 0 Å². The Hall–Kier alpha value is -0.830. The summed E-state index contributed by atoms with van der Waals surface area (Å²) in [6, 6.07) is 0.506. The number of rotatable bonds is 1. The van der Waals surface area contributed by atoms with Gasteiger partial charge in [-0.25, -0.2) is 0 Å². The number of hydrogen-bond acceptors (Lipinski definition) is 3. The van der Waals surface area contributed by atoms with E-state index in [1.165, 1.54) is 12.0 Å². The van der Waals surface area contributed by atoms with Crippen molar-refractivity contribution in [3.05, 3.63) is 17.5 Å². The number of nitrogens with zero attached hydrogens (tertiary/aromatic N) is 1. The molecule has 3 heteroatoms. The Morgan fingerprint density at radius 3 is 3.00 bits per heavy atom. The molecule has 1 unspecified atom stereocenters. The van der Waals surface area contributed by atoms with Crippen LogP contribution in [0.3, 0.4) is 0 Å². The molecule has 0 aliphatic carbocycles. The predicted octanol–water partition coefficient (Wildman–Crippen LogP) is 1.02. The second-order valence-electron chi connectivity index (χ2n) is 2.63. The van der Waals surface area contributed by atoms with Crippen molar-refractivity contribution in [1.82, 2.24) is 10.5 Å². The molecule has 10 heavy (non-hydrogen) atoms. The summed E-state index contributed by atoms with van der Waals surface area (Å²) < 4.78 is 4.93. The molecule has 0 spiro atoms. The van der Waals surface area contributed by atoms with Crippen molar-refractivity contribution >= 4 is 0 Å². The number of aryl methyl sites for hydroxylation is 1. The Bertz CT molecular complexity index is 227. The van der Waals surface area contributed by atoms with Gasteiger partial charge in [0.15, 0.2) is 0 Å². The molecule has 1 aromatic rings. The molecule has 2 heterocycles. The van der Waals surface area contributed by atoms with Gasteiger partial charge in [-0.1, -0.05) is 5.16 Å². The van der Waals surface area contributed by atoms with E-state index >= 15 is 0 Å². The van der Waals surface area contributed by atoms with Crippen LogP contribution in [0, 0.1) is 6.92 Å². The minimum atomic E-state index is 0.506. The largest absolute Gasteiger partial charge is 0.361 e. The molecule has 0 saturated carbocycles. The van der Waals surface area contributed by atoms with Gasteiger partial charge in [-0.15, -0.1) is 0 Å². The van der Waals surface area contributed by atoms with Gasteiger partial charge in [0.25, 0.3) is 0 Å². The van der Waals surface area contributed by atoms with Gasteiger partial charge >= 0.3 is 0 Å². The highest BCUT2D eigenvalue weighted by atomic mass is 16.5. The van der Waals surface area contributed by atoms with E-state index in [0.717, 1.165) is 12.3 Å². The molecule has 1 aliphatic rings. The van der Waals surface area contributed by atoms with Crippen LogP contribution in [0.5, 0.6) is 0 Å². The smallest absolute Gasteiger partial charge is 0.138 e. The molecular formula is C7H10N2O. The first-order valence-corrected chi connectivity index (χ1v) is 3.52. The lowest BCUT2D eigenvalue weighted by molar-refractivity contribution is 0.365. The molecule has 3 nitrogen and oxygen atoms in total. The van der Waals surface area contributed by atoms with Crippen LogP contribution in [0.15, 0.2) is 10.7 Å². The van der Waals surface area contributed by atoms with Gasteiger partial charge in [0.1, 0.15) is 5.76 Å². The highest BCUT2D eigenvalue weighted by Gasteiger charge is 2.21. The van der Waals surface area contributed by atoms with Gasteiger partial charge < -0.3 is 9.84 Å². The summed E-state index contributed by atoms with van der Waals surface area (Å²) in [5, 5.41) is 7.00. The second kappa shape index (κ2) is 2.09. The molecule has 1 aliphatic heterocycles. The Morgan fingerprint density at radius 1 is 1.80 bits per heavy atom. The first kappa shape index (κ1) is 5.92. The molecule has 1 saturated heterocycles. The van der Waals surface area contributed by atoms with E-state index < -0.39 is 0 Å². The minimum absolute atomic E-state index is 0.506. The summed E-state index contributed by atoms with van der Waals surface area (Å²) >= 11 is 0. The Kier molecular flexibility index (Phi) is 1.24. The Labute approximate surface area is 59.4 Å². The molecule has 0 bridgehead atoms. The van der Waals surface area contributed by atoms with E-state index in [1.54, 1.807) is 6.20 Å². The SMILES string of the molecule is Cc1oncc1C1CCN1. The standard InChI is InChI=1S/C7H10N2O/c1-5-6(4-9-10-5)7-2-3-8-7/h4,7-8H,2-3H2,1H3. The Balaban J connectivity index is 2.23. The van der Waals surface area contributed by atoms with Crippen molar-refractivity contribution < 1.29 is 4.52 Å². The van der Waals surface area contributed by atoms with Crippen molar-refractivity contribution in [3.63, 3.8) is 0 Å². The molecule has 1 atom stereocenters. The van der Waals surface area contributed by atoms with Crippen LogP contribution in [0.25, 0.3) is 0 Å². The zero-order valence-electron chi connectivity index (χ0n) is 5.92. The molecule has 2 rings (SSSR count). The van der Waals surface area contributed by atoms with Crippen LogP contribution >= 0.6 is 0 Å². The topological polar surface area (TPSA) is 38.1 Å². The van der Waals surface area contributed by atoms with Crippen LogP contribution in [-0.4, -0.2) is 11.7 Å². The quantitative estimate of drug-likeness (QED) is 0.629. The monoisotopic (exact) mass is 138 g/mol. The predicted molar refractivity (Wildman–Crippen MR) is 36.6 cm³/mol. The van der Waals surface area contributed by atoms with E-state index in [-0.39, 0.29) is 0 Å². The fourth-order valence-electron chi connectivity index (χ4n) is 1.20. The fraction of sp³-hybridized carbons (Fsp3) is 0.571. The molecule has 0 amide bonds. The number of hydrogen-bond donors (Lipinski definition) is 1. The summed E-state index contributed by atoms with van der Waals surface area (Å²) in [6.07, 6.45) is 3.01. The maximum absolute atomic E-state index is 4.93. The van der Waals surface area contributed by atoms with Crippen LogP contribution in [-0.2, 0) is 0 Å². The van der Waals surface area contributed by atoms with Crippen molar-refractivity contribution in [2.75, 3.05) is 6.54 Å². The highest BCUT2D eigenvalue weighted by molar-refractivity contribution is 5.18. The van der Waals surface area contributed by atoms with Gasteiger partial charge in [0.2, 0.25) is 0 Å². The van der Waals surface area contributed by atoms with Gasteiger partial charge in [-0.05, 0) is 19.9 Å². The summed E-state index contributed by atoms with van der Waals surface area (Å²) in [6.45, 7) is 3.07. The van der Waals surface area contributed by atoms with Crippen LogP contribution in [0.1, 0.15) is 23.8 Å². The third-order valence-electron chi connectivity index (χ3n) is 1.99. The molecule has 0 radical (unpaired) electrons. The maximum Gasteiger partial charge on any atom is 0.138 e. The van der Waals surface area contributed by atoms with Crippen LogP contribution in [0.4, 0.5) is 0 Å². The third kappa shape index (κ3) is 0.743. The van der Waals surface area contributed by atoms with E-state index in [9.17, 15) is 0 Å². The zero-order chi connectivity index (χ0) is 6.97. The number of aromatic nitrogens is 1. The normalized spacial score (nSPS) is 24.3. The molecule has 54 valence electrons. The first-order valence-electron chi connectivity index (χ1n) is 3.52. The second-order valence-corrected chi connectivity index (χ2v) is 2.63. The van der Waals surface area contributed by atoms with E-state index in [0.29, 0.717) is 6.04 Å². The first-order chi connectivity index (χ1) is 4.88. The third-order valence-corrected chi connectivity index (χ3v) is 1.99. The van der Waals surface area contributed by atoms with Crippen molar-refractivity contribution in [2.45, 2.75) is 19.4 Å². The summed E-state index contributed by atoms with van der Waals surface area (Å²) in [5.41, 5.74) is 1.21. The fourth-order valence-corrected chi connectivity index (χ4v) is 1.20. The van der Waals surface area contributed by atoms with Crippen LogP contribution < -0.4 is 5.32 Å². The molecular weight excluding hydrogens is 128 g/mol. The summed E-state index contributed by atoms with van der Waals surface area (Å²) in [7, 11) is 0. The summed E-state index contributed by atoms with van der Waals surface area (Å²) in [4.78, 5) is 0. The van der Waals surface area contributed by atoms with Crippen molar-refractivity contribution in [3.8, 4) is 0 Å². The van der Waals surface area contributed by atoms with Crippen molar-refractivity contribution in [1.29, 1.82) is 0 Å². The van der Waals surface area contributed by atoms with Crippen molar-refractivity contribution in [2.24, 2.45) is 0 Å². The molecule has 1 aromatic heterocycles. The van der Waals surface area contributed by atoms with E-state index in [1.807, 2.05) is 6.92 Å². The summed E-state index contributed by atoms with van der Waals surface area (Å²) in [5.74, 6) is 0.942. The van der Waals surface area contributed by atoms with E-state index in [4.69, 9.17) is 4.52 Å². The molecule has 1 fully saturated rings. The van der Waals surface area contributed by atoms with E-state index in [2.05, 4.69) is 10.5 Å². The van der Waals surface area contributed by atoms with Gasteiger partial charge in [-0.3, -0.25) is 0 Å². The van der Waals surface area contributed by atoms with Gasteiger partial charge in [0.05, 0.1) is 6.20 Å². The lowest BCUT2D eigenvalue weighted by Gasteiger charge is -2.26. The average molecular weight is 138 g/mol. The highest BCUT2D eigenvalue weighted by Crippen LogP contribution is 2.24. The maximum atomic E-state index is 4.93. The lowest BCUT2D eigenvalue weighted by Crippen LogP contribution is -2.35. The average Bonchev–Trinajstić information content (AvgIpc) is 2.12. The number of nitrogens with one attached hydrogen (secondary N) is 1.